The predicted octanol–water partition coefficient (Wildman–Crippen LogP) is 2.65. The van der Waals surface area contributed by atoms with Gasteiger partial charge in [-0.2, -0.15) is 0 Å². The van der Waals surface area contributed by atoms with E-state index in [0.717, 1.165) is 5.75 Å². The van der Waals surface area contributed by atoms with Crippen molar-refractivity contribution in [3.63, 3.8) is 0 Å². The molecule has 1 aromatic carbocycles. The van der Waals surface area contributed by atoms with Gasteiger partial charge < -0.3 is 14.2 Å². The molecule has 1 aromatic rings. The topological polar surface area (TPSA) is 27.7 Å². The van der Waals surface area contributed by atoms with Gasteiger partial charge in [0.25, 0.3) is 0 Å². The third kappa shape index (κ3) is 4.75. The molecule has 0 aliphatic heterocycles. The van der Waals surface area contributed by atoms with E-state index < -0.39 is 0 Å². The van der Waals surface area contributed by atoms with Crippen LogP contribution in [0.15, 0.2) is 12.1 Å². The van der Waals surface area contributed by atoms with E-state index in [-0.39, 0.29) is 0 Å². The molecule has 0 N–H and O–H groups in total. The maximum absolute atomic E-state index is 5.74. The molecule has 0 aliphatic carbocycles. The van der Waals surface area contributed by atoms with Crippen molar-refractivity contribution in [1.29, 1.82) is 0 Å². The second-order valence-corrected chi connectivity index (χ2v) is 4.18. The quantitative estimate of drug-likeness (QED) is 0.683. The number of hydrogen-bond acceptors (Lipinski definition) is 3. The number of hydrogen-bond donors (Lipinski definition) is 0. The number of benzene rings is 1. The van der Waals surface area contributed by atoms with Crippen molar-refractivity contribution in [2.24, 2.45) is 0 Å². The third-order valence-corrected chi connectivity index (χ3v) is 2.51. The van der Waals surface area contributed by atoms with Crippen LogP contribution in [0.4, 0.5) is 0 Å². The Morgan fingerprint density at radius 3 is 2.06 bits per heavy atom. The molecule has 3 nitrogen and oxygen atoms in total. The van der Waals surface area contributed by atoms with Crippen molar-refractivity contribution in [3.05, 3.63) is 28.8 Å². The molecule has 0 spiro atoms. The van der Waals surface area contributed by atoms with Gasteiger partial charge in [0.1, 0.15) is 12.4 Å². The number of methoxy groups -OCH3 is 1. The summed E-state index contributed by atoms with van der Waals surface area (Å²) in [5.41, 5.74) is 3.63. The van der Waals surface area contributed by atoms with Crippen molar-refractivity contribution < 1.29 is 14.2 Å². The first-order valence-electron chi connectivity index (χ1n) is 5.92. The van der Waals surface area contributed by atoms with E-state index >= 15 is 0 Å². The Kier molecular flexibility index (Phi) is 6.01. The zero-order valence-corrected chi connectivity index (χ0v) is 11.2. The van der Waals surface area contributed by atoms with E-state index in [1.807, 2.05) is 0 Å². The van der Waals surface area contributed by atoms with Crippen LogP contribution < -0.4 is 4.74 Å². The molecule has 17 heavy (non-hydrogen) atoms. The van der Waals surface area contributed by atoms with Crippen LogP contribution in [0.5, 0.6) is 5.75 Å². The molecule has 1 rings (SSSR count). The summed E-state index contributed by atoms with van der Waals surface area (Å²) in [4.78, 5) is 0. The average molecular weight is 238 g/mol. The van der Waals surface area contributed by atoms with Gasteiger partial charge in [0.2, 0.25) is 0 Å². The summed E-state index contributed by atoms with van der Waals surface area (Å²) < 4.78 is 16.0. The highest BCUT2D eigenvalue weighted by atomic mass is 16.5. The maximum atomic E-state index is 5.74. The molecule has 0 unspecified atom stereocenters. The molecule has 0 radical (unpaired) electrons. The molecule has 0 saturated heterocycles. The molecule has 0 aromatic heterocycles. The number of rotatable bonds is 7. The average Bonchev–Trinajstić information content (AvgIpc) is 2.26. The molecule has 0 saturated carbocycles. The monoisotopic (exact) mass is 238 g/mol. The minimum absolute atomic E-state index is 0.578. The van der Waals surface area contributed by atoms with E-state index in [4.69, 9.17) is 14.2 Å². The maximum Gasteiger partial charge on any atom is 0.125 e. The molecule has 3 heteroatoms. The molecule has 0 atom stereocenters. The van der Waals surface area contributed by atoms with E-state index in [1.165, 1.54) is 16.7 Å². The summed E-state index contributed by atoms with van der Waals surface area (Å²) in [5.74, 6) is 0.978. The summed E-state index contributed by atoms with van der Waals surface area (Å²) in [6.07, 6.45) is 0. The molecular weight excluding hydrogens is 216 g/mol. The standard InChI is InChI=1S/C14H22O3/c1-11-9-12(2)14(13(3)10-11)17-8-7-16-6-5-15-4/h9-10H,5-8H2,1-4H3. The molecule has 0 heterocycles. The fourth-order valence-electron chi connectivity index (χ4n) is 1.84. The van der Waals surface area contributed by atoms with Gasteiger partial charge >= 0.3 is 0 Å². The van der Waals surface area contributed by atoms with Crippen LogP contribution in [0.3, 0.4) is 0 Å². The van der Waals surface area contributed by atoms with Crippen LogP contribution in [0.2, 0.25) is 0 Å². The lowest BCUT2D eigenvalue weighted by Gasteiger charge is -2.13. The van der Waals surface area contributed by atoms with Gasteiger partial charge in [-0.1, -0.05) is 17.7 Å². The second-order valence-electron chi connectivity index (χ2n) is 4.18. The second kappa shape index (κ2) is 7.30. The van der Waals surface area contributed by atoms with Gasteiger partial charge in [0, 0.05) is 7.11 Å². The molecule has 0 aliphatic rings. The largest absolute Gasteiger partial charge is 0.491 e. The Morgan fingerprint density at radius 1 is 0.882 bits per heavy atom. The van der Waals surface area contributed by atoms with Crippen LogP contribution in [-0.4, -0.2) is 33.5 Å². The Hall–Kier alpha value is -1.06. The van der Waals surface area contributed by atoms with Crippen molar-refractivity contribution in [1.82, 2.24) is 0 Å². The summed E-state index contributed by atoms with van der Waals surface area (Å²) in [5, 5.41) is 0. The summed E-state index contributed by atoms with van der Waals surface area (Å²) in [6, 6.07) is 4.27. The van der Waals surface area contributed by atoms with Gasteiger partial charge in [-0.15, -0.1) is 0 Å². The van der Waals surface area contributed by atoms with Crippen LogP contribution in [0.25, 0.3) is 0 Å². The Labute approximate surface area is 104 Å². The summed E-state index contributed by atoms with van der Waals surface area (Å²) in [6.45, 7) is 8.65. The fraction of sp³-hybridized carbons (Fsp3) is 0.571. The van der Waals surface area contributed by atoms with Crippen molar-refractivity contribution >= 4 is 0 Å². The van der Waals surface area contributed by atoms with Gasteiger partial charge in [-0.05, 0) is 31.9 Å². The van der Waals surface area contributed by atoms with Crippen LogP contribution in [0.1, 0.15) is 16.7 Å². The van der Waals surface area contributed by atoms with Crippen LogP contribution in [-0.2, 0) is 9.47 Å². The lowest BCUT2D eigenvalue weighted by atomic mass is 10.1. The van der Waals surface area contributed by atoms with Crippen LogP contribution >= 0.6 is 0 Å². The van der Waals surface area contributed by atoms with Gasteiger partial charge in [0.15, 0.2) is 0 Å². The SMILES string of the molecule is COCCOCCOc1c(C)cc(C)cc1C. The highest BCUT2D eigenvalue weighted by molar-refractivity contribution is 5.42. The van der Waals surface area contributed by atoms with E-state index in [0.29, 0.717) is 26.4 Å². The smallest absolute Gasteiger partial charge is 0.125 e. The van der Waals surface area contributed by atoms with E-state index in [2.05, 4.69) is 32.9 Å². The van der Waals surface area contributed by atoms with Gasteiger partial charge in [-0.25, -0.2) is 0 Å². The molecule has 96 valence electrons. The minimum atomic E-state index is 0.578. The zero-order valence-electron chi connectivity index (χ0n) is 11.2. The highest BCUT2D eigenvalue weighted by Crippen LogP contribution is 2.24. The Balaban J connectivity index is 2.36. The fourth-order valence-corrected chi connectivity index (χ4v) is 1.84. The molecule has 0 fully saturated rings. The first kappa shape index (κ1) is 14.0. The normalized spacial score (nSPS) is 10.6. The predicted molar refractivity (Wildman–Crippen MR) is 68.8 cm³/mol. The van der Waals surface area contributed by atoms with Crippen molar-refractivity contribution in [2.75, 3.05) is 33.5 Å². The van der Waals surface area contributed by atoms with E-state index in [1.54, 1.807) is 7.11 Å². The Morgan fingerprint density at radius 2 is 1.47 bits per heavy atom. The molecule has 0 amide bonds. The first-order chi connectivity index (χ1) is 8.15. The summed E-state index contributed by atoms with van der Waals surface area (Å²) in [7, 11) is 1.67. The van der Waals surface area contributed by atoms with Crippen molar-refractivity contribution in [2.45, 2.75) is 20.8 Å². The minimum Gasteiger partial charge on any atom is -0.491 e. The molecule has 0 bridgehead atoms. The zero-order chi connectivity index (χ0) is 12.7. The van der Waals surface area contributed by atoms with Crippen molar-refractivity contribution in [3.8, 4) is 5.75 Å². The first-order valence-corrected chi connectivity index (χ1v) is 5.92. The van der Waals surface area contributed by atoms with E-state index in [9.17, 15) is 0 Å². The Bertz CT molecular complexity index is 324. The van der Waals surface area contributed by atoms with Crippen LogP contribution in [0, 0.1) is 20.8 Å². The third-order valence-electron chi connectivity index (χ3n) is 2.51. The number of ether oxygens (including phenoxy) is 3. The highest BCUT2D eigenvalue weighted by Gasteiger charge is 2.04. The number of aryl methyl sites for hydroxylation is 3. The lowest BCUT2D eigenvalue weighted by Crippen LogP contribution is -2.11. The van der Waals surface area contributed by atoms with Gasteiger partial charge in [-0.3, -0.25) is 0 Å². The van der Waals surface area contributed by atoms with Gasteiger partial charge in [0.05, 0.1) is 19.8 Å². The lowest BCUT2D eigenvalue weighted by molar-refractivity contribution is 0.0542. The summed E-state index contributed by atoms with van der Waals surface area (Å²) >= 11 is 0. The molecular formula is C14H22O3.